The molecule has 1 saturated heterocycles. The van der Waals surface area contributed by atoms with Crippen molar-refractivity contribution in [2.24, 2.45) is 5.41 Å². The van der Waals surface area contributed by atoms with Crippen LogP contribution in [0.25, 0.3) is 0 Å². The minimum atomic E-state index is -1.55. The summed E-state index contributed by atoms with van der Waals surface area (Å²) in [7, 11) is -1.55. The maximum atomic E-state index is 6.72. The van der Waals surface area contributed by atoms with Gasteiger partial charge in [0.1, 0.15) is 0 Å². The van der Waals surface area contributed by atoms with Crippen molar-refractivity contribution in [1.82, 2.24) is 4.90 Å². The predicted molar refractivity (Wildman–Crippen MR) is 93.0 cm³/mol. The lowest BCUT2D eigenvalue weighted by Gasteiger charge is -2.46. The number of hydrogen-bond donors (Lipinski definition) is 0. The van der Waals surface area contributed by atoms with E-state index in [1.165, 1.54) is 5.56 Å². The smallest absolute Gasteiger partial charge is 0.184 e. The summed E-state index contributed by atoms with van der Waals surface area (Å²) in [4.78, 5) is 2.56. The van der Waals surface area contributed by atoms with Crippen molar-refractivity contribution in [2.75, 3.05) is 13.1 Å². The van der Waals surface area contributed by atoms with E-state index in [9.17, 15) is 0 Å². The highest BCUT2D eigenvalue weighted by Gasteiger charge is 2.49. The number of nitrogens with zero attached hydrogens (tertiary/aromatic N) is 1. The van der Waals surface area contributed by atoms with Gasteiger partial charge in [0.2, 0.25) is 0 Å². The average Bonchev–Trinajstić information content (AvgIpc) is 2.72. The lowest BCUT2D eigenvalue weighted by molar-refractivity contribution is -0.0312. The highest BCUT2D eigenvalue weighted by atomic mass is 28.4. The Morgan fingerprint density at radius 1 is 1.14 bits per heavy atom. The summed E-state index contributed by atoms with van der Waals surface area (Å²) in [5.41, 5.74) is 1.58. The van der Waals surface area contributed by atoms with Crippen molar-refractivity contribution in [2.45, 2.75) is 59.0 Å². The third-order valence-corrected chi connectivity index (χ3v) is 5.43. The first-order valence-corrected chi connectivity index (χ1v) is 11.5. The SMILES string of the molecule is CC(C)(C)C1(O[Si](C)(C)C)CCN(Cc2ccccc2)C1. The summed E-state index contributed by atoms with van der Waals surface area (Å²) < 4.78 is 6.72. The maximum absolute atomic E-state index is 6.72. The zero-order chi connectivity index (χ0) is 15.7. The second kappa shape index (κ2) is 5.86. The van der Waals surface area contributed by atoms with Crippen molar-refractivity contribution in [3.05, 3.63) is 35.9 Å². The number of likely N-dealkylation sites (tertiary alicyclic amines) is 1. The van der Waals surface area contributed by atoms with Gasteiger partial charge in [-0.2, -0.15) is 0 Å². The molecule has 0 saturated carbocycles. The van der Waals surface area contributed by atoms with Crippen LogP contribution < -0.4 is 0 Å². The molecule has 1 aromatic rings. The van der Waals surface area contributed by atoms with E-state index >= 15 is 0 Å². The summed E-state index contributed by atoms with van der Waals surface area (Å²) >= 11 is 0. The van der Waals surface area contributed by atoms with Crippen molar-refractivity contribution in [3.8, 4) is 0 Å². The monoisotopic (exact) mass is 305 g/mol. The van der Waals surface area contributed by atoms with E-state index in [0.717, 1.165) is 26.1 Å². The number of benzene rings is 1. The quantitative estimate of drug-likeness (QED) is 0.758. The zero-order valence-corrected chi connectivity index (χ0v) is 15.6. The molecule has 21 heavy (non-hydrogen) atoms. The first-order chi connectivity index (χ1) is 9.61. The normalized spacial score (nSPS) is 24.5. The Morgan fingerprint density at radius 2 is 1.76 bits per heavy atom. The Labute approximate surface area is 131 Å². The largest absolute Gasteiger partial charge is 0.410 e. The third-order valence-electron chi connectivity index (χ3n) is 4.43. The van der Waals surface area contributed by atoms with E-state index in [4.69, 9.17) is 4.43 Å². The molecule has 1 heterocycles. The number of hydrogen-bond acceptors (Lipinski definition) is 2. The van der Waals surface area contributed by atoms with Gasteiger partial charge in [-0.15, -0.1) is 0 Å². The van der Waals surface area contributed by atoms with Crippen LogP contribution in [0.1, 0.15) is 32.8 Å². The number of rotatable bonds is 4. The first-order valence-electron chi connectivity index (χ1n) is 8.08. The van der Waals surface area contributed by atoms with E-state index in [0.29, 0.717) is 0 Å². The summed E-state index contributed by atoms with van der Waals surface area (Å²) in [5.74, 6) is 0. The van der Waals surface area contributed by atoms with Crippen LogP contribution in [0.5, 0.6) is 0 Å². The van der Waals surface area contributed by atoms with Gasteiger partial charge in [0.05, 0.1) is 5.60 Å². The molecule has 0 amide bonds. The fourth-order valence-corrected chi connectivity index (χ4v) is 4.91. The van der Waals surface area contributed by atoms with Crippen molar-refractivity contribution in [1.29, 1.82) is 0 Å². The van der Waals surface area contributed by atoms with Crippen LogP contribution in [0, 0.1) is 5.41 Å². The Hall–Kier alpha value is -0.643. The van der Waals surface area contributed by atoms with Gasteiger partial charge < -0.3 is 4.43 Å². The van der Waals surface area contributed by atoms with Crippen LogP contribution in [-0.2, 0) is 11.0 Å². The zero-order valence-electron chi connectivity index (χ0n) is 14.6. The molecule has 1 aliphatic rings. The second-order valence-corrected chi connectivity index (χ2v) is 12.8. The van der Waals surface area contributed by atoms with Gasteiger partial charge in [-0.1, -0.05) is 51.1 Å². The summed E-state index contributed by atoms with van der Waals surface area (Å²) in [6, 6.07) is 10.8. The highest BCUT2D eigenvalue weighted by Crippen LogP contribution is 2.43. The Morgan fingerprint density at radius 3 is 2.29 bits per heavy atom. The summed E-state index contributed by atoms with van der Waals surface area (Å²) in [5, 5.41) is 0. The average molecular weight is 306 g/mol. The fraction of sp³-hybridized carbons (Fsp3) is 0.667. The van der Waals surface area contributed by atoms with Gasteiger partial charge in [-0.25, -0.2) is 0 Å². The van der Waals surface area contributed by atoms with E-state index < -0.39 is 8.32 Å². The fourth-order valence-electron chi connectivity index (χ4n) is 3.27. The molecule has 1 aliphatic heterocycles. The molecule has 0 N–H and O–H groups in total. The topological polar surface area (TPSA) is 12.5 Å². The third kappa shape index (κ3) is 4.18. The van der Waals surface area contributed by atoms with Crippen molar-refractivity contribution >= 4 is 8.32 Å². The Kier molecular flexibility index (Phi) is 4.67. The van der Waals surface area contributed by atoms with E-state index in [1.807, 2.05) is 0 Å². The molecule has 2 nitrogen and oxygen atoms in total. The van der Waals surface area contributed by atoms with Crippen LogP contribution in [0.3, 0.4) is 0 Å². The minimum Gasteiger partial charge on any atom is -0.410 e. The molecular weight excluding hydrogens is 274 g/mol. The molecule has 0 bridgehead atoms. The van der Waals surface area contributed by atoms with E-state index in [1.54, 1.807) is 0 Å². The van der Waals surface area contributed by atoms with E-state index in [-0.39, 0.29) is 11.0 Å². The van der Waals surface area contributed by atoms with Gasteiger partial charge in [0.25, 0.3) is 0 Å². The lowest BCUT2D eigenvalue weighted by Crippen LogP contribution is -2.53. The van der Waals surface area contributed by atoms with Crippen LogP contribution in [-0.4, -0.2) is 31.9 Å². The molecule has 0 aliphatic carbocycles. The standard InChI is InChI=1S/C18H31NOSi/c1-17(2,3)18(20-21(4,5)6)12-13-19(15-18)14-16-10-8-7-9-11-16/h7-11H,12-15H2,1-6H3. The molecule has 1 unspecified atom stereocenters. The molecule has 1 aromatic carbocycles. The highest BCUT2D eigenvalue weighted by molar-refractivity contribution is 6.69. The van der Waals surface area contributed by atoms with Gasteiger partial charge in [0, 0.05) is 19.6 Å². The Balaban J connectivity index is 2.12. The van der Waals surface area contributed by atoms with Gasteiger partial charge in [-0.05, 0) is 37.0 Å². The summed E-state index contributed by atoms with van der Waals surface area (Å²) in [6.07, 6.45) is 1.15. The van der Waals surface area contributed by atoms with Crippen molar-refractivity contribution < 1.29 is 4.43 Å². The molecule has 1 atom stereocenters. The lowest BCUT2D eigenvalue weighted by atomic mass is 9.76. The van der Waals surface area contributed by atoms with E-state index in [2.05, 4.69) is 75.6 Å². The maximum Gasteiger partial charge on any atom is 0.184 e. The molecule has 3 heteroatoms. The van der Waals surface area contributed by atoms with Crippen molar-refractivity contribution in [3.63, 3.8) is 0 Å². The molecule has 118 valence electrons. The molecular formula is C18H31NOSi. The molecule has 0 spiro atoms. The Bertz CT molecular complexity index is 460. The molecule has 2 rings (SSSR count). The predicted octanol–water partition coefficient (Wildman–Crippen LogP) is 4.53. The second-order valence-electron chi connectivity index (χ2n) is 8.40. The molecule has 0 aromatic heterocycles. The van der Waals surface area contributed by atoms with Gasteiger partial charge >= 0.3 is 0 Å². The van der Waals surface area contributed by atoms with Crippen LogP contribution in [0.15, 0.2) is 30.3 Å². The van der Waals surface area contributed by atoms with Gasteiger partial charge in [0.15, 0.2) is 8.32 Å². The minimum absolute atomic E-state index is 0.00620. The summed E-state index contributed by atoms with van der Waals surface area (Å²) in [6.45, 7) is 17.1. The molecule has 0 radical (unpaired) electrons. The van der Waals surface area contributed by atoms with Crippen LogP contribution >= 0.6 is 0 Å². The molecule has 1 fully saturated rings. The van der Waals surface area contributed by atoms with Gasteiger partial charge in [-0.3, -0.25) is 4.90 Å². The van der Waals surface area contributed by atoms with Crippen LogP contribution in [0.4, 0.5) is 0 Å². The first kappa shape index (κ1) is 16.7. The van der Waals surface area contributed by atoms with Crippen LogP contribution in [0.2, 0.25) is 19.6 Å².